The fourth-order valence-corrected chi connectivity index (χ4v) is 1.71. The molecule has 0 fully saturated rings. The van der Waals surface area contributed by atoms with Gasteiger partial charge in [-0.25, -0.2) is 4.79 Å². The highest BCUT2D eigenvalue weighted by molar-refractivity contribution is 6.30. The Morgan fingerprint density at radius 3 is 2.58 bits per heavy atom. The third-order valence-corrected chi connectivity index (χ3v) is 2.75. The van der Waals surface area contributed by atoms with Crippen molar-refractivity contribution in [1.82, 2.24) is 0 Å². The van der Waals surface area contributed by atoms with Gasteiger partial charge in [0.25, 0.3) is 0 Å². The van der Waals surface area contributed by atoms with Crippen LogP contribution in [0.25, 0.3) is 0 Å². The highest BCUT2D eigenvalue weighted by atomic mass is 35.5. The van der Waals surface area contributed by atoms with E-state index in [1.54, 1.807) is 6.92 Å². The smallest absolute Gasteiger partial charge is 0.418 e. The van der Waals surface area contributed by atoms with Crippen LogP contribution in [-0.4, -0.2) is 19.1 Å². The van der Waals surface area contributed by atoms with E-state index in [4.69, 9.17) is 11.6 Å². The number of alkyl halides is 3. The molecule has 1 N–H and O–H groups in total. The molecule has 106 valence electrons. The van der Waals surface area contributed by atoms with E-state index in [1.165, 1.54) is 19.2 Å². The van der Waals surface area contributed by atoms with Crippen LogP contribution in [0, 0.1) is 0 Å². The first-order valence-electron chi connectivity index (χ1n) is 5.50. The Balaban J connectivity index is 3.10. The zero-order chi connectivity index (χ0) is 14.6. The van der Waals surface area contributed by atoms with Crippen molar-refractivity contribution in [3.63, 3.8) is 0 Å². The minimum atomic E-state index is -4.55. The van der Waals surface area contributed by atoms with E-state index in [0.29, 0.717) is 6.42 Å². The summed E-state index contributed by atoms with van der Waals surface area (Å²) < 4.78 is 43.1. The maximum Gasteiger partial charge on any atom is 0.418 e. The molecule has 0 radical (unpaired) electrons. The van der Waals surface area contributed by atoms with Crippen LogP contribution < -0.4 is 5.32 Å². The van der Waals surface area contributed by atoms with Gasteiger partial charge in [-0.2, -0.15) is 13.2 Å². The van der Waals surface area contributed by atoms with Gasteiger partial charge < -0.3 is 10.1 Å². The monoisotopic (exact) mass is 295 g/mol. The molecule has 1 atom stereocenters. The van der Waals surface area contributed by atoms with E-state index in [1.807, 2.05) is 0 Å². The van der Waals surface area contributed by atoms with Gasteiger partial charge >= 0.3 is 12.1 Å². The molecule has 0 aromatic heterocycles. The summed E-state index contributed by atoms with van der Waals surface area (Å²) >= 11 is 5.56. The number of anilines is 1. The molecule has 1 aromatic rings. The summed E-state index contributed by atoms with van der Waals surface area (Å²) in [4.78, 5) is 11.4. The summed E-state index contributed by atoms with van der Waals surface area (Å²) in [6, 6.07) is 2.49. The molecule has 7 heteroatoms. The molecule has 1 rings (SSSR count). The van der Waals surface area contributed by atoms with Gasteiger partial charge in [-0.3, -0.25) is 0 Å². The zero-order valence-electron chi connectivity index (χ0n) is 10.3. The topological polar surface area (TPSA) is 38.3 Å². The van der Waals surface area contributed by atoms with Crippen molar-refractivity contribution in [2.75, 3.05) is 12.4 Å². The van der Waals surface area contributed by atoms with Crippen LogP contribution in [0.15, 0.2) is 18.2 Å². The number of hydrogen-bond acceptors (Lipinski definition) is 3. The fourth-order valence-electron chi connectivity index (χ4n) is 1.53. The van der Waals surface area contributed by atoms with Crippen molar-refractivity contribution in [3.8, 4) is 0 Å². The highest BCUT2D eigenvalue weighted by Crippen LogP contribution is 2.36. The summed E-state index contributed by atoms with van der Waals surface area (Å²) in [6.45, 7) is 1.66. The van der Waals surface area contributed by atoms with E-state index >= 15 is 0 Å². The van der Waals surface area contributed by atoms with E-state index in [9.17, 15) is 18.0 Å². The first kappa shape index (κ1) is 15.6. The van der Waals surface area contributed by atoms with Crippen molar-refractivity contribution < 1.29 is 22.7 Å². The number of esters is 1. The maximum absolute atomic E-state index is 12.9. The van der Waals surface area contributed by atoms with Gasteiger partial charge in [0.15, 0.2) is 0 Å². The Labute approximate surface area is 113 Å². The minimum Gasteiger partial charge on any atom is -0.467 e. The van der Waals surface area contributed by atoms with Crippen LogP contribution >= 0.6 is 11.6 Å². The summed E-state index contributed by atoms with van der Waals surface area (Å²) in [7, 11) is 1.18. The Kier molecular flexibility index (Phi) is 5.05. The third kappa shape index (κ3) is 4.02. The van der Waals surface area contributed by atoms with E-state index in [2.05, 4.69) is 10.1 Å². The van der Waals surface area contributed by atoms with Crippen LogP contribution in [0.3, 0.4) is 0 Å². The fraction of sp³-hybridized carbons (Fsp3) is 0.417. The molecular formula is C12H13ClF3NO2. The molecule has 0 heterocycles. The van der Waals surface area contributed by atoms with Crippen molar-refractivity contribution in [3.05, 3.63) is 28.8 Å². The molecule has 0 aliphatic carbocycles. The summed E-state index contributed by atoms with van der Waals surface area (Å²) in [5.74, 6) is -0.620. The average Bonchev–Trinajstić information content (AvgIpc) is 2.35. The first-order valence-corrected chi connectivity index (χ1v) is 5.88. The Hall–Kier alpha value is -1.43. The molecule has 19 heavy (non-hydrogen) atoms. The summed E-state index contributed by atoms with van der Waals surface area (Å²) in [5.41, 5.74) is -1.11. The second-order valence-electron chi connectivity index (χ2n) is 3.82. The molecule has 1 aromatic carbocycles. The number of carbonyl (C=O) groups excluding carboxylic acids is 1. The molecule has 0 bridgehead atoms. The molecule has 1 unspecified atom stereocenters. The second-order valence-corrected chi connectivity index (χ2v) is 4.25. The van der Waals surface area contributed by atoms with Crippen LogP contribution in [0.1, 0.15) is 18.9 Å². The van der Waals surface area contributed by atoms with Crippen LogP contribution in [-0.2, 0) is 15.7 Å². The van der Waals surface area contributed by atoms with Gasteiger partial charge in [-0.1, -0.05) is 18.5 Å². The molecule has 0 amide bonds. The maximum atomic E-state index is 12.9. The number of carbonyl (C=O) groups is 1. The first-order chi connectivity index (χ1) is 8.79. The second kappa shape index (κ2) is 6.14. The van der Waals surface area contributed by atoms with E-state index in [0.717, 1.165) is 6.07 Å². The standard InChI is InChI=1S/C12H13ClF3NO2/c1-3-9(11(18)19-2)17-10-5-4-7(13)6-8(10)12(14,15)16/h4-6,9,17H,3H2,1-2H3. The number of rotatable bonds is 4. The van der Waals surface area contributed by atoms with Gasteiger partial charge in [0.1, 0.15) is 6.04 Å². The van der Waals surface area contributed by atoms with Crippen molar-refractivity contribution >= 4 is 23.3 Å². The number of ether oxygens (including phenoxy) is 1. The third-order valence-electron chi connectivity index (χ3n) is 2.51. The molecule has 0 saturated carbocycles. The van der Waals surface area contributed by atoms with Gasteiger partial charge in [-0.05, 0) is 24.6 Å². The molecule has 3 nitrogen and oxygen atoms in total. The molecule has 0 saturated heterocycles. The molecular weight excluding hydrogens is 283 g/mol. The lowest BCUT2D eigenvalue weighted by Crippen LogP contribution is -2.30. The van der Waals surface area contributed by atoms with E-state index < -0.39 is 23.8 Å². The van der Waals surface area contributed by atoms with Gasteiger partial charge in [-0.15, -0.1) is 0 Å². The van der Waals surface area contributed by atoms with Gasteiger partial charge in [0.05, 0.1) is 12.7 Å². The van der Waals surface area contributed by atoms with Gasteiger partial charge in [0.2, 0.25) is 0 Å². The Bertz CT molecular complexity index is 463. The summed E-state index contributed by atoms with van der Waals surface area (Å²) in [6.07, 6.45) is -4.26. The lowest BCUT2D eigenvalue weighted by atomic mass is 10.1. The van der Waals surface area contributed by atoms with Gasteiger partial charge in [0, 0.05) is 10.7 Å². The van der Waals surface area contributed by atoms with Crippen LogP contribution in [0.4, 0.5) is 18.9 Å². The average molecular weight is 296 g/mol. The lowest BCUT2D eigenvalue weighted by molar-refractivity contribution is -0.142. The Morgan fingerprint density at radius 1 is 1.47 bits per heavy atom. The van der Waals surface area contributed by atoms with E-state index in [-0.39, 0.29) is 10.7 Å². The SMILES string of the molecule is CCC(Nc1ccc(Cl)cc1C(F)(F)F)C(=O)OC. The molecule has 0 aliphatic heterocycles. The molecule has 0 aliphatic rings. The zero-order valence-corrected chi connectivity index (χ0v) is 11.1. The highest BCUT2D eigenvalue weighted by Gasteiger charge is 2.34. The quantitative estimate of drug-likeness (QED) is 0.860. The predicted octanol–water partition coefficient (Wildman–Crippen LogP) is 3.72. The summed E-state index contributed by atoms with van der Waals surface area (Å²) in [5, 5.41) is 2.50. The Morgan fingerprint density at radius 2 is 2.11 bits per heavy atom. The van der Waals surface area contributed by atoms with Crippen molar-refractivity contribution in [2.24, 2.45) is 0 Å². The minimum absolute atomic E-state index is 0.0241. The number of benzene rings is 1. The van der Waals surface area contributed by atoms with Crippen LogP contribution in [0.2, 0.25) is 5.02 Å². The lowest BCUT2D eigenvalue weighted by Gasteiger charge is -2.19. The predicted molar refractivity (Wildman–Crippen MR) is 66.2 cm³/mol. The molecule has 0 spiro atoms. The number of methoxy groups -OCH3 is 1. The van der Waals surface area contributed by atoms with Crippen LogP contribution in [0.5, 0.6) is 0 Å². The number of hydrogen-bond donors (Lipinski definition) is 1. The number of nitrogens with one attached hydrogen (secondary N) is 1. The number of halogens is 4. The normalized spacial score (nSPS) is 12.9. The largest absolute Gasteiger partial charge is 0.467 e. The van der Waals surface area contributed by atoms with Crippen molar-refractivity contribution in [2.45, 2.75) is 25.6 Å². The van der Waals surface area contributed by atoms with Crippen molar-refractivity contribution in [1.29, 1.82) is 0 Å².